The van der Waals surface area contributed by atoms with E-state index in [0.29, 0.717) is 42.9 Å². The quantitative estimate of drug-likeness (QED) is 0.0805. The van der Waals surface area contributed by atoms with Crippen molar-refractivity contribution >= 4 is 70.8 Å². The molecule has 6 amide bonds. The van der Waals surface area contributed by atoms with Crippen LogP contribution in [0.4, 0.5) is 0 Å². The number of nitrogens with zero attached hydrogens (tertiary/aromatic N) is 3. The molecule has 16 nitrogen and oxygen atoms in total. The normalized spacial score (nSPS) is 21.7. The summed E-state index contributed by atoms with van der Waals surface area (Å²) in [6.07, 6.45) is 5.68. The summed E-state index contributed by atoms with van der Waals surface area (Å²) in [7, 11) is 0. The lowest BCUT2D eigenvalue weighted by atomic mass is 9.85. The van der Waals surface area contributed by atoms with Crippen LogP contribution in [0, 0.1) is 12.3 Å². The summed E-state index contributed by atoms with van der Waals surface area (Å²) in [5.41, 5.74) is 16.4. The van der Waals surface area contributed by atoms with Crippen LogP contribution in [0.5, 0.6) is 5.75 Å². The molecule has 0 saturated carbocycles. The monoisotopic (exact) mass is 1010 g/mol. The molecule has 8 N–H and O–H groups in total. The summed E-state index contributed by atoms with van der Waals surface area (Å²) in [4.78, 5) is 88.5. The van der Waals surface area contributed by atoms with Gasteiger partial charge in [0.25, 0.3) is 0 Å². The molecule has 1 aromatic heterocycles. The van der Waals surface area contributed by atoms with E-state index in [9.17, 15) is 33.9 Å². The van der Waals surface area contributed by atoms with Crippen LogP contribution in [-0.4, -0.2) is 111 Å². The largest absolute Gasteiger partial charge is 0.490 e. The molecule has 0 radical (unpaired) electrons. The number of carbonyl (C=O) groups excluding carboxylic acids is 6. The van der Waals surface area contributed by atoms with Gasteiger partial charge in [-0.15, -0.1) is 23.7 Å². The Labute approximate surface area is 420 Å². The van der Waals surface area contributed by atoms with E-state index < -0.39 is 53.5 Å². The van der Waals surface area contributed by atoms with Crippen molar-refractivity contribution in [3.63, 3.8) is 0 Å². The fourth-order valence-electron chi connectivity index (χ4n) is 9.53. The van der Waals surface area contributed by atoms with Crippen LogP contribution in [0.1, 0.15) is 128 Å². The third-order valence-electron chi connectivity index (χ3n) is 13.4. The molecule has 0 spiro atoms. The van der Waals surface area contributed by atoms with Gasteiger partial charge in [-0.05, 0) is 93.4 Å². The van der Waals surface area contributed by atoms with Crippen LogP contribution in [0.25, 0.3) is 10.4 Å². The number of primary amides is 1. The Morgan fingerprint density at radius 3 is 2.35 bits per heavy atom. The van der Waals surface area contributed by atoms with Crippen molar-refractivity contribution in [2.24, 2.45) is 16.9 Å². The SMILES string of the molecule is Cc1ncsc1-c1ccc(C(C)NC(=O)C2CC(O)CN2C(=O)C(NC(=O)CCCCc2cccc(OCC(CCC(N)=O)NC(=O)[C@@H]3CC[C@@H]4CCCC[C@H](N)C(=O)N43)c2Cl)C(C)(C)C)cc1.Cl. The lowest BCUT2D eigenvalue weighted by Gasteiger charge is -2.35. The standard InChI is InChI=1S/C50H69ClN8O8S.ClH/c1-29(31-17-19-33(20-18-31)44-30(2)54-28-68-44)55-47(64)39-25-36(60)26-58(39)49(66)45(50(3,4)5)57-42(62)16-9-6-11-32-12-10-15-40(43(32)51)67-27-34(21-24-41(53)61)56-46(63)38-23-22-35-13-7-8-14-37(52)48(65)59(35)38;/h10,12,15,17-20,28-29,34-39,45,60H,6-9,11,13-14,16,21-27,52H2,1-5H3,(H2,53,61)(H,55,64)(H,56,63)(H,57,62);1H/t29?,34?,35-,36?,37-,38-,39?,45?;/m0./s1. The van der Waals surface area contributed by atoms with E-state index in [1.807, 2.05) is 70.5 Å². The molecule has 3 fully saturated rings. The van der Waals surface area contributed by atoms with Crippen molar-refractivity contribution in [1.29, 1.82) is 0 Å². The highest BCUT2D eigenvalue weighted by Gasteiger charge is 2.45. The molecule has 8 atom stereocenters. The van der Waals surface area contributed by atoms with Crippen LogP contribution in [-0.2, 0) is 35.2 Å². The maximum Gasteiger partial charge on any atom is 0.246 e. The fourth-order valence-corrected chi connectivity index (χ4v) is 10.6. The second-order valence-electron chi connectivity index (χ2n) is 19.7. The van der Waals surface area contributed by atoms with E-state index in [1.54, 1.807) is 28.4 Å². The summed E-state index contributed by atoms with van der Waals surface area (Å²) in [5.74, 6) is -1.77. The van der Waals surface area contributed by atoms with E-state index in [1.165, 1.54) is 4.90 Å². The van der Waals surface area contributed by atoms with Crippen LogP contribution in [0.15, 0.2) is 48.0 Å². The molecular formula is C50H70Cl2N8O8S. The molecule has 2 aromatic carbocycles. The molecule has 3 aliphatic rings. The lowest BCUT2D eigenvalue weighted by Crippen LogP contribution is -2.57. The number of nitrogens with one attached hydrogen (secondary N) is 3. The maximum atomic E-state index is 14.2. The minimum Gasteiger partial charge on any atom is -0.490 e. The van der Waals surface area contributed by atoms with Gasteiger partial charge in [0.2, 0.25) is 35.4 Å². The summed E-state index contributed by atoms with van der Waals surface area (Å²) in [6.45, 7) is 9.36. The van der Waals surface area contributed by atoms with Crippen LogP contribution in [0.2, 0.25) is 5.02 Å². The molecule has 4 heterocycles. The number of halogens is 2. The number of hydrogen-bond donors (Lipinski definition) is 6. The average molecular weight is 1010 g/mol. The number of fused-ring (bicyclic) bond motifs is 1. The average Bonchev–Trinajstić information content (AvgIpc) is 4.04. The summed E-state index contributed by atoms with van der Waals surface area (Å²) in [5, 5.41) is 20.1. The minimum atomic E-state index is -0.953. The molecule has 69 heavy (non-hydrogen) atoms. The molecule has 19 heteroatoms. The molecule has 0 aliphatic carbocycles. The van der Waals surface area contributed by atoms with Crippen molar-refractivity contribution < 1.29 is 38.6 Å². The number of ether oxygens (including phenoxy) is 1. The predicted molar refractivity (Wildman–Crippen MR) is 269 cm³/mol. The molecule has 6 rings (SSSR count). The van der Waals surface area contributed by atoms with Gasteiger partial charge >= 0.3 is 0 Å². The first-order chi connectivity index (χ1) is 32.3. The number of hydrogen-bond acceptors (Lipinski definition) is 11. The number of amides is 6. The van der Waals surface area contributed by atoms with E-state index >= 15 is 0 Å². The van der Waals surface area contributed by atoms with Crippen LogP contribution < -0.4 is 32.2 Å². The van der Waals surface area contributed by atoms with E-state index in [2.05, 4.69) is 20.9 Å². The highest BCUT2D eigenvalue weighted by atomic mass is 35.5. The third-order valence-corrected chi connectivity index (χ3v) is 14.8. The number of thiazole rings is 1. The van der Waals surface area contributed by atoms with Crippen molar-refractivity contribution in [2.45, 2.75) is 166 Å². The zero-order valence-corrected chi connectivity index (χ0v) is 42.7. The number of likely N-dealkylation sites (tertiary alicyclic amines) is 1. The zero-order valence-electron chi connectivity index (χ0n) is 40.3. The minimum absolute atomic E-state index is 0. The Kier molecular flexibility index (Phi) is 19.8. The number of aromatic nitrogens is 1. The Morgan fingerprint density at radius 1 is 0.957 bits per heavy atom. The fraction of sp³-hybridized carbons (Fsp3) is 0.580. The molecule has 0 bridgehead atoms. The van der Waals surface area contributed by atoms with Gasteiger partial charge in [0.05, 0.1) is 45.3 Å². The number of aliphatic hydroxyl groups is 1. The number of rotatable bonds is 19. The number of unbranched alkanes of at least 4 members (excludes halogenated alkanes) is 1. The van der Waals surface area contributed by atoms with E-state index in [4.69, 9.17) is 27.8 Å². The van der Waals surface area contributed by atoms with Gasteiger partial charge in [0.15, 0.2) is 0 Å². The Hall–Kier alpha value is -4.81. The second kappa shape index (κ2) is 24.8. The first-order valence-electron chi connectivity index (χ1n) is 24.0. The summed E-state index contributed by atoms with van der Waals surface area (Å²) in [6, 6.07) is 9.16. The van der Waals surface area contributed by atoms with Crippen LogP contribution >= 0.6 is 35.3 Å². The van der Waals surface area contributed by atoms with Gasteiger partial charge in [-0.3, -0.25) is 28.8 Å². The molecule has 378 valence electrons. The number of β-amino-alcohol motifs (C(OH)–C–C–N with tert-alkyl or cyclic N) is 1. The third kappa shape index (κ3) is 14.4. The molecule has 3 aliphatic heterocycles. The zero-order chi connectivity index (χ0) is 49.3. The van der Waals surface area contributed by atoms with Crippen molar-refractivity contribution in [3.8, 4) is 16.2 Å². The van der Waals surface area contributed by atoms with Gasteiger partial charge in [-0.1, -0.05) is 81.6 Å². The topological polar surface area (TPSA) is 239 Å². The lowest BCUT2D eigenvalue weighted by molar-refractivity contribution is -0.144. The molecular weight excluding hydrogens is 944 g/mol. The first kappa shape index (κ1) is 55.1. The second-order valence-corrected chi connectivity index (χ2v) is 21.0. The number of nitrogens with two attached hydrogens (primary N) is 2. The highest BCUT2D eigenvalue weighted by Crippen LogP contribution is 2.34. The van der Waals surface area contributed by atoms with E-state index in [0.717, 1.165) is 52.9 Å². The van der Waals surface area contributed by atoms with Gasteiger partial charge < -0.3 is 47.1 Å². The van der Waals surface area contributed by atoms with Gasteiger partial charge in [-0.25, -0.2) is 4.98 Å². The van der Waals surface area contributed by atoms with E-state index in [-0.39, 0.29) is 87.0 Å². The van der Waals surface area contributed by atoms with Crippen molar-refractivity contribution in [1.82, 2.24) is 30.7 Å². The highest BCUT2D eigenvalue weighted by molar-refractivity contribution is 7.13. The molecule has 3 aromatic rings. The van der Waals surface area contributed by atoms with Crippen LogP contribution in [0.3, 0.4) is 0 Å². The number of aliphatic hydroxyl groups excluding tert-OH is 1. The molecule has 3 saturated heterocycles. The smallest absolute Gasteiger partial charge is 0.246 e. The summed E-state index contributed by atoms with van der Waals surface area (Å²) < 4.78 is 6.15. The number of benzene rings is 2. The van der Waals surface area contributed by atoms with Gasteiger partial charge in [0.1, 0.15) is 30.5 Å². The summed E-state index contributed by atoms with van der Waals surface area (Å²) >= 11 is 8.41. The van der Waals surface area contributed by atoms with Crippen molar-refractivity contribution in [2.75, 3.05) is 13.2 Å². The van der Waals surface area contributed by atoms with Gasteiger partial charge in [-0.2, -0.15) is 0 Å². The van der Waals surface area contributed by atoms with Gasteiger partial charge in [0, 0.05) is 31.8 Å². The molecule has 5 unspecified atom stereocenters. The predicted octanol–water partition coefficient (Wildman–Crippen LogP) is 5.67. The number of aryl methyl sites for hydroxylation is 2. The Morgan fingerprint density at radius 2 is 1.67 bits per heavy atom. The first-order valence-corrected chi connectivity index (χ1v) is 25.2. The Balaban J connectivity index is 0.00000888. The number of carbonyl (C=O) groups is 6. The maximum absolute atomic E-state index is 14.2. The van der Waals surface area contributed by atoms with Crippen molar-refractivity contribution in [3.05, 3.63) is 69.8 Å². The Bertz CT molecular complexity index is 2270.